The van der Waals surface area contributed by atoms with Crippen LogP contribution in [0.1, 0.15) is 46.0 Å². The Morgan fingerprint density at radius 2 is 2.00 bits per heavy atom. The molecule has 6 nitrogen and oxygen atoms in total. The number of carbonyl (C=O) groups excluding carboxylic acids is 1. The summed E-state index contributed by atoms with van der Waals surface area (Å²) in [7, 11) is 1.74. The quantitative estimate of drug-likeness (QED) is 0.535. The van der Waals surface area contributed by atoms with E-state index in [1.54, 1.807) is 13.1 Å². The molecule has 1 aliphatic rings. The minimum absolute atomic E-state index is 0.250. The van der Waals surface area contributed by atoms with Crippen LogP contribution in [0, 0.1) is 5.41 Å². The number of amides is 1. The molecular formula is C16H27N3O3. The number of carboxylic acid groups (broad SMARTS) is 1. The van der Waals surface area contributed by atoms with Gasteiger partial charge >= 0.3 is 5.97 Å². The number of aliphatic imine (C=N–C) groups is 1. The summed E-state index contributed by atoms with van der Waals surface area (Å²) in [4.78, 5) is 22.4. The normalized spacial score (nSPS) is 14.2. The fraction of sp³-hybridized carbons (Fsp3) is 0.500. The monoisotopic (exact) mass is 309 g/mol. The lowest BCUT2D eigenvalue weighted by Crippen LogP contribution is -2.16. The van der Waals surface area contributed by atoms with E-state index in [4.69, 9.17) is 15.3 Å². The van der Waals surface area contributed by atoms with Gasteiger partial charge in [0.05, 0.1) is 11.4 Å². The van der Waals surface area contributed by atoms with Crippen molar-refractivity contribution in [3.8, 4) is 0 Å². The third-order valence-electron chi connectivity index (χ3n) is 2.61. The second-order valence-corrected chi connectivity index (χ2v) is 4.42. The first kappa shape index (κ1) is 22.0. The Morgan fingerprint density at radius 3 is 2.36 bits per heavy atom. The number of unbranched alkanes of at least 4 members (excludes halogenated alkanes) is 1. The minimum atomic E-state index is -0.693. The van der Waals surface area contributed by atoms with E-state index in [0.717, 1.165) is 31.4 Å². The predicted octanol–water partition coefficient (Wildman–Crippen LogP) is 2.74. The van der Waals surface area contributed by atoms with Crippen molar-refractivity contribution in [2.45, 2.75) is 46.0 Å². The molecule has 0 fully saturated rings. The lowest BCUT2D eigenvalue weighted by Gasteiger charge is -2.11. The Kier molecular flexibility index (Phi) is 15.2. The number of rotatable bonds is 5. The van der Waals surface area contributed by atoms with Crippen molar-refractivity contribution in [2.24, 2.45) is 10.7 Å². The molecule has 0 atom stereocenters. The first-order valence-corrected chi connectivity index (χ1v) is 7.28. The first-order chi connectivity index (χ1) is 10.5. The summed E-state index contributed by atoms with van der Waals surface area (Å²) in [6, 6.07) is 0. The van der Waals surface area contributed by atoms with Gasteiger partial charge in [0, 0.05) is 13.5 Å². The summed E-state index contributed by atoms with van der Waals surface area (Å²) >= 11 is 0. The van der Waals surface area contributed by atoms with E-state index in [1.165, 1.54) is 5.57 Å². The van der Waals surface area contributed by atoms with Crippen LogP contribution in [0.5, 0.6) is 0 Å². The van der Waals surface area contributed by atoms with Gasteiger partial charge in [-0.1, -0.05) is 38.8 Å². The number of carboxylic acids is 1. The third-order valence-corrected chi connectivity index (χ3v) is 2.61. The van der Waals surface area contributed by atoms with Gasteiger partial charge in [-0.25, -0.2) is 0 Å². The first-order valence-electron chi connectivity index (χ1n) is 7.28. The number of aliphatic carboxylic acids is 1. The van der Waals surface area contributed by atoms with Crippen LogP contribution in [0.2, 0.25) is 0 Å². The molecule has 124 valence electrons. The molecule has 0 aromatic rings. The number of nitrogens with two attached hydrogens (primary N) is 1. The zero-order chi connectivity index (χ0) is 17.4. The third kappa shape index (κ3) is 11.6. The molecule has 1 aliphatic carbocycles. The van der Waals surface area contributed by atoms with Crippen molar-refractivity contribution in [1.29, 1.82) is 5.41 Å². The maximum atomic E-state index is 9.76. The Morgan fingerprint density at radius 1 is 1.41 bits per heavy atom. The molecule has 0 aliphatic heterocycles. The second kappa shape index (κ2) is 15.2. The van der Waals surface area contributed by atoms with Gasteiger partial charge in [0.2, 0.25) is 6.41 Å². The smallest absolute Gasteiger partial charge is 0.303 e. The molecule has 0 saturated heterocycles. The van der Waals surface area contributed by atoms with Crippen LogP contribution in [0.3, 0.4) is 0 Å². The largest absolute Gasteiger partial charge is 0.481 e. The van der Waals surface area contributed by atoms with E-state index in [2.05, 4.69) is 17.6 Å². The number of allylic oxidation sites excluding steroid dienone is 4. The van der Waals surface area contributed by atoms with Gasteiger partial charge < -0.3 is 10.8 Å². The van der Waals surface area contributed by atoms with Crippen LogP contribution in [0.25, 0.3) is 0 Å². The average Bonchev–Trinajstić information content (AvgIpc) is 2.47. The topological polar surface area (TPSA) is 117 Å². The summed E-state index contributed by atoms with van der Waals surface area (Å²) < 4.78 is 0. The maximum absolute atomic E-state index is 9.76. The molecule has 6 heteroatoms. The summed E-state index contributed by atoms with van der Waals surface area (Å²) in [6.45, 7) is 4.11. The Bertz CT molecular complexity index is 438. The number of nitrogens with one attached hydrogen (secondary N) is 1. The van der Waals surface area contributed by atoms with Gasteiger partial charge in [-0.3, -0.25) is 20.0 Å². The Labute approximate surface area is 132 Å². The molecule has 22 heavy (non-hydrogen) atoms. The zero-order valence-electron chi connectivity index (χ0n) is 13.6. The van der Waals surface area contributed by atoms with Crippen molar-refractivity contribution in [3.05, 3.63) is 23.8 Å². The Balaban J connectivity index is 0. The highest BCUT2D eigenvalue weighted by Gasteiger charge is 2.11. The molecule has 0 aromatic carbocycles. The van der Waals surface area contributed by atoms with E-state index < -0.39 is 5.97 Å². The van der Waals surface area contributed by atoms with E-state index >= 15 is 0 Å². The summed E-state index contributed by atoms with van der Waals surface area (Å²) in [5.74, 6) is -0.693. The highest BCUT2D eigenvalue weighted by Crippen LogP contribution is 2.12. The molecule has 0 bridgehead atoms. The van der Waals surface area contributed by atoms with Crippen LogP contribution in [0.4, 0.5) is 0 Å². The Hall–Kier alpha value is -2.24. The molecule has 0 unspecified atom stereocenters. The predicted molar refractivity (Wildman–Crippen MR) is 90.6 cm³/mol. The molecule has 0 saturated carbocycles. The lowest BCUT2D eigenvalue weighted by atomic mass is 9.97. The molecule has 1 rings (SSSR count). The van der Waals surface area contributed by atoms with Crippen molar-refractivity contribution in [2.75, 3.05) is 7.05 Å². The number of nitrogens with zero attached hydrogens (tertiary/aromatic N) is 1. The van der Waals surface area contributed by atoms with Crippen LogP contribution < -0.4 is 5.73 Å². The van der Waals surface area contributed by atoms with E-state index in [1.807, 2.05) is 19.1 Å². The van der Waals surface area contributed by atoms with Gasteiger partial charge in [0.25, 0.3) is 0 Å². The van der Waals surface area contributed by atoms with Crippen LogP contribution in [-0.2, 0) is 9.59 Å². The number of primary amides is 1. The van der Waals surface area contributed by atoms with E-state index in [-0.39, 0.29) is 6.41 Å². The fourth-order valence-electron chi connectivity index (χ4n) is 1.65. The summed E-state index contributed by atoms with van der Waals surface area (Å²) in [6.07, 6.45) is 10.2. The molecule has 4 N–H and O–H groups in total. The van der Waals surface area contributed by atoms with Gasteiger partial charge in [0.15, 0.2) is 0 Å². The molecule has 0 spiro atoms. The molecule has 1 amide bonds. The zero-order valence-corrected chi connectivity index (χ0v) is 13.6. The van der Waals surface area contributed by atoms with Crippen molar-refractivity contribution < 1.29 is 14.7 Å². The number of carbonyl (C=O) groups is 2. The highest BCUT2D eigenvalue weighted by atomic mass is 16.4. The SMILES string of the molecule is CCCC1=CC=CC(=N)C1=NC.CCCCC(=O)O.NC=O. The van der Waals surface area contributed by atoms with Crippen LogP contribution >= 0.6 is 0 Å². The fourth-order valence-corrected chi connectivity index (χ4v) is 1.65. The van der Waals surface area contributed by atoms with Gasteiger partial charge in [-0.2, -0.15) is 0 Å². The summed E-state index contributed by atoms with van der Waals surface area (Å²) in [5, 5.41) is 15.6. The lowest BCUT2D eigenvalue weighted by molar-refractivity contribution is -0.137. The highest BCUT2D eigenvalue weighted by molar-refractivity contribution is 6.51. The van der Waals surface area contributed by atoms with E-state index in [0.29, 0.717) is 12.1 Å². The van der Waals surface area contributed by atoms with Gasteiger partial charge in [-0.15, -0.1) is 0 Å². The van der Waals surface area contributed by atoms with Gasteiger partial charge in [0.1, 0.15) is 0 Å². The molecule has 0 aromatic heterocycles. The standard InChI is InChI=1S/C10H14N2.C5H10O2.CH3NO/c1-3-5-8-6-4-7-9(11)10(8)12-2;1-2-3-4-5(6)7;2-1-3/h4,6-7,11H,3,5H2,1-2H3;2-4H2,1H3,(H,6,7);1H,(H2,2,3). The van der Waals surface area contributed by atoms with Crippen molar-refractivity contribution in [3.63, 3.8) is 0 Å². The maximum Gasteiger partial charge on any atom is 0.303 e. The second-order valence-electron chi connectivity index (χ2n) is 4.42. The molecule has 0 radical (unpaired) electrons. The summed E-state index contributed by atoms with van der Waals surface area (Å²) in [5.41, 5.74) is 6.73. The average molecular weight is 309 g/mol. The van der Waals surface area contributed by atoms with Crippen LogP contribution in [-0.4, -0.2) is 36.0 Å². The molecule has 0 heterocycles. The van der Waals surface area contributed by atoms with E-state index in [9.17, 15) is 4.79 Å². The van der Waals surface area contributed by atoms with Crippen molar-refractivity contribution >= 4 is 23.8 Å². The molecular weight excluding hydrogens is 282 g/mol. The van der Waals surface area contributed by atoms with Crippen molar-refractivity contribution in [1.82, 2.24) is 0 Å². The number of hydrogen-bond acceptors (Lipinski definition) is 4. The minimum Gasteiger partial charge on any atom is -0.481 e. The van der Waals surface area contributed by atoms with Crippen LogP contribution in [0.15, 0.2) is 28.8 Å². The number of hydrogen-bond donors (Lipinski definition) is 3. The van der Waals surface area contributed by atoms with Gasteiger partial charge in [-0.05, 0) is 24.5 Å².